The molecule has 5 heterocycles. The number of aromatic nitrogens is 4. The molecule has 9 rings (SSSR count). The molecule has 3 N–H and O–H groups in total. The summed E-state index contributed by atoms with van der Waals surface area (Å²) in [5.41, 5.74) is 7.02. The van der Waals surface area contributed by atoms with Gasteiger partial charge in [0.25, 0.3) is 5.56 Å². The Morgan fingerprint density at radius 1 is 0.903 bits per heavy atom. The number of thioether (sulfide) groups is 1. The molecule has 0 amide bonds. The summed E-state index contributed by atoms with van der Waals surface area (Å²) in [5, 5.41) is 0.0449. The standard InChI is InChI=1S/C45H47N6O8PS2/c1-54-34-19-15-32(16-20-34)45(31-13-7-4-8-14-31,33-17-21-35(55-2)22-18-33)57-28-44-27-56-37(41(58-44)51-29-47-36-39(51)48-43(46)49-40(36)52)38(44)59-60(50-23-9-10-24-50)62-26-25-61-42(53)30-11-5-3-6-12-30/h3-8,11-22,29,37-38,41H,9-10,23-28H2,1-2H3,(H3,46,48,49,52)/t37-,38?,41+,44+,60?/m0/s1. The summed E-state index contributed by atoms with van der Waals surface area (Å²) in [6, 6.07) is 35.2. The van der Waals surface area contributed by atoms with Gasteiger partial charge in [0.2, 0.25) is 11.1 Å². The van der Waals surface area contributed by atoms with Gasteiger partial charge in [0.1, 0.15) is 34.9 Å². The molecular formula is C45H47N6O8PS2. The lowest BCUT2D eigenvalue weighted by atomic mass is 9.79. The maximum absolute atomic E-state index is 13.0. The van der Waals surface area contributed by atoms with Crippen molar-refractivity contribution in [3.05, 3.63) is 148 Å². The second-order valence-electron chi connectivity index (χ2n) is 15.2. The number of carbonyl (C=O) groups is 1. The smallest absolute Gasteiger partial charge is 0.280 e. The van der Waals surface area contributed by atoms with Crippen LogP contribution in [-0.2, 0) is 24.3 Å². The SMILES string of the molecule is COc1ccc(C(OC[C@]23CO[C@@H](C2OP(SCCSC(=O)c2ccccc2)N2CCCC2)[C@H](n2cnc4c(=O)[nH]c(N)nc42)O3)(c2ccccc2)c2ccc(OC)cc2)cc1. The highest BCUT2D eigenvalue weighted by atomic mass is 32.7. The molecule has 3 fully saturated rings. The van der Waals surface area contributed by atoms with Crippen LogP contribution in [0.2, 0.25) is 0 Å². The number of benzene rings is 4. The van der Waals surface area contributed by atoms with Gasteiger partial charge in [0.05, 0.1) is 33.8 Å². The number of nitrogens with zero attached hydrogens (tertiary/aromatic N) is 4. The third-order valence-corrected chi connectivity index (χ3v) is 16.7. The first-order valence-electron chi connectivity index (χ1n) is 20.4. The van der Waals surface area contributed by atoms with Crippen LogP contribution in [0.3, 0.4) is 0 Å². The van der Waals surface area contributed by atoms with Crippen LogP contribution in [0.4, 0.5) is 5.95 Å². The predicted octanol–water partition coefficient (Wildman–Crippen LogP) is 7.41. The molecule has 0 saturated carbocycles. The Labute approximate surface area is 368 Å². The van der Waals surface area contributed by atoms with Gasteiger partial charge in [-0.2, -0.15) is 4.98 Å². The molecule has 0 radical (unpaired) electrons. The fraction of sp³-hybridized carbons (Fsp3) is 0.333. The van der Waals surface area contributed by atoms with Gasteiger partial charge in [-0.05, 0) is 53.8 Å². The summed E-state index contributed by atoms with van der Waals surface area (Å²) < 4.78 is 44.0. The van der Waals surface area contributed by atoms with E-state index in [1.807, 2.05) is 97.1 Å². The van der Waals surface area contributed by atoms with Crippen molar-refractivity contribution < 1.29 is 33.0 Å². The number of nitrogen functional groups attached to an aromatic ring is 1. The van der Waals surface area contributed by atoms with Crippen molar-refractivity contribution in [2.45, 2.75) is 42.5 Å². The van der Waals surface area contributed by atoms with Gasteiger partial charge < -0.3 is 33.9 Å². The molecule has 0 aliphatic carbocycles. The van der Waals surface area contributed by atoms with Gasteiger partial charge in [-0.1, -0.05) is 108 Å². The number of fused-ring (bicyclic) bond motifs is 3. The molecule has 2 bridgehead atoms. The van der Waals surface area contributed by atoms with Crippen LogP contribution in [0.25, 0.3) is 11.2 Å². The van der Waals surface area contributed by atoms with Crippen molar-refractivity contribution in [2.75, 3.05) is 57.8 Å². The second kappa shape index (κ2) is 18.5. The van der Waals surface area contributed by atoms with E-state index in [0.29, 0.717) is 28.6 Å². The zero-order chi connectivity index (χ0) is 42.7. The highest BCUT2D eigenvalue weighted by Gasteiger charge is 2.65. The molecule has 5 atom stereocenters. The predicted molar refractivity (Wildman–Crippen MR) is 242 cm³/mol. The van der Waals surface area contributed by atoms with Gasteiger partial charge >= 0.3 is 0 Å². The van der Waals surface area contributed by atoms with Crippen molar-refractivity contribution in [3.8, 4) is 11.5 Å². The van der Waals surface area contributed by atoms with E-state index < -0.39 is 42.7 Å². The molecule has 3 aliphatic rings. The zero-order valence-electron chi connectivity index (χ0n) is 34.3. The number of nitrogens with two attached hydrogens (primary N) is 1. The molecule has 17 heteroatoms. The lowest BCUT2D eigenvalue weighted by molar-refractivity contribution is -0.201. The summed E-state index contributed by atoms with van der Waals surface area (Å²) in [6.45, 7) is 2.00. The molecule has 6 aromatic rings. The maximum atomic E-state index is 13.0. The van der Waals surface area contributed by atoms with Crippen molar-refractivity contribution in [1.29, 1.82) is 0 Å². The van der Waals surface area contributed by atoms with Crippen LogP contribution < -0.4 is 20.8 Å². The van der Waals surface area contributed by atoms with Crippen LogP contribution in [0.1, 0.15) is 46.1 Å². The van der Waals surface area contributed by atoms with E-state index in [9.17, 15) is 9.59 Å². The zero-order valence-corrected chi connectivity index (χ0v) is 36.8. The van der Waals surface area contributed by atoms with Crippen molar-refractivity contribution in [3.63, 3.8) is 0 Å². The molecule has 2 aromatic heterocycles. The van der Waals surface area contributed by atoms with E-state index >= 15 is 0 Å². The second-order valence-corrected chi connectivity index (χ2v) is 19.9. The maximum Gasteiger partial charge on any atom is 0.280 e. The lowest BCUT2D eigenvalue weighted by Gasteiger charge is -2.40. The largest absolute Gasteiger partial charge is 0.497 e. The van der Waals surface area contributed by atoms with Crippen LogP contribution in [-0.4, -0.2) is 99.1 Å². The number of hydrogen-bond donors (Lipinski definition) is 2. The average molecular weight is 895 g/mol. The molecule has 3 saturated heterocycles. The lowest BCUT2D eigenvalue weighted by Crippen LogP contribution is -2.49. The van der Waals surface area contributed by atoms with Crippen LogP contribution in [0, 0.1) is 0 Å². The Bertz CT molecular complexity index is 2480. The number of hydrogen-bond acceptors (Lipinski definition) is 14. The molecule has 14 nitrogen and oxygen atoms in total. The quantitative estimate of drug-likeness (QED) is 0.0528. The minimum Gasteiger partial charge on any atom is -0.497 e. The molecular weight excluding hydrogens is 848 g/mol. The fourth-order valence-corrected chi connectivity index (χ4v) is 13.7. The third kappa shape index (κ3) is 8.26. The third-order valence-electron chi connectivity index (χ3n) is 11.4. The molecule has 3 aliphatic heterocycles. The van der Waals surface area contributed by atoms with Crippen LogP contribution >= 0.6 is 30.6 Å². The number of nitrogens with one attached hydrogen (secondary N) is 1. The summed E-state index contributed by atoms with van der Waals surface area (Å²) in [7, 11) is 2.05. The number of anilines is 1. The summed E-state index contributed by atoms with van der Waals surface area (Å²) in [6.07, 6.45) is 1.62. The Morgan fingerprint density at radius 2 is 1.53 bits per heavy atom. The van der Waals surface area contributed by atoms with E-state index in [-0.39, 0.29) is 35.4 Å². The van der Waals surface area contributed by atoms with Crippen molar-refractivity contribution in [1.82, 2.24) is 24.2 Å². The van der Waals surface area contributed by atoms with E-state index in [0.717, 1.165) is 42.6 Å². The van der Waals surface area contributed by atoms with Crippen molar-refractivity contribution >= 4 is 52.9 Å². The van der Waals surface area contributed by atoms with Crippen LogP contribution in [0.5, 0.6) is 11.5 Å². The minimum absolute atomic E-state index is 0.0374. The Hall–Kier alpha value is -4.77. The Kier molecular flexibility index (Phi) is 12.7. The first-order chi connectivity index (χ1) is 30.3. The number of ether oxygens (including phenoxy) is 5. The number of imidazole rings is 1. The normalized spacial score (nSPS) is 21.7. The summed E-state index contributed by atoms with van der Waals surface area (Å²) >= 11 is 3.04. The fourth-order valence-electron chi connectivity index (χ4n) is 8.36. The molecule has 4 aromatic carbocycles. The average Bonchev–Trinajstić information content (AvgIpc) is 4.13. The number of H-pyrrole nitrogens is 1. The molecule has 2 unspecified atom stereocenters. The van der Waals surface area contributed by atoms with Crippen LogP contribution in [0.15, 0.2) is 120 Å². The number of carbonyl (C=O) groups excluding carboxylic acids is 1. The van der Waals surface area contributed by atoms with Gasteiger partial charge in [-0.15, -0.1) is 0 Å². The van der Waals surface area contributed by atoms with Gasteiger partial charge in [-0.3, -0.25) is 23.8 Å². The van der Waals surface area contributed by atoms with E-state index in [4.69, 9.17) is 33.9 Å². The highest BCUT2D eigenvalue weighted by Crippen LogP contribution is 2.61. The van der Waals surface area contributed by atoms with Crippen molar-refractivity contribution in [2.24, 2.45) is 0 Å². The Morgan fingerprint density at radius 3 is 2.18 bits per heavy atom. The number of methoxy groups -OCH3 is 2. The summed E-state index contributed by atoms with van der Waals surface area (Å²) in [4.78, 5) is 37.3. The van der Waals surface area contributed by atoms with Gasteiger partial charge in [0.15, 0.2) is 24.9 Å². The topological polar surface area (TPSA) is 165 Å². The van der Waals surface area contributed by atoms with Gasteiger partial charge in [0, 0.05) is 30.2 Å². The number of aromatic amines is 1. The van der Waals surface area contributed by atoms with Gasteiger partial charge in [-0.25, -0.2) is 4.98 Å². The van der Waals surface area contributed by atoms with E-state index in [1.165, 1.54) is 18.1 Å². The summed E-state index contributed by atoms with van der Waals surface area (Å²) in [5.74, 6) is 2.70. The van der Waals surface area contributed by atoms with E-state index in [1.54, 1.807) is 30.2 Å². The highest BCUT2D eigenvalue weighted by molar-refractivity contribution is 8.53. The monoisotopic (exact) mass is 894 g/mol. The molecule has 62 heavy (non-hydrogen) atoms. The van der Waals surface area contributed by atoms with E-state index in [2.05, 4.69) is 31.8 Å². The first-order valence-corrected chi connectivity index (χ1v) is 24.2. The minimum atomic E-state index is -1.24. The molecule has 0 spiro atoms. The first kappa shape index (κ1) is 42.5. The number of rotatable bonds is 17. The molecule has 322 valence electrons. The Balaban J connectivity index is 1.09.